The molecule has 1 aromatic carbocycles. The number of halogens is 1. The Morgan fingerprint density at radius 3 is 2.43 bits per heavy atom. The molecule has 6 heteroatoms. The quantitative estimate of drug-likeness (QED) is 0.563. The maximum absolute atomic E-state index is 6.50. The number of benzene rings is 1. The number of fused-ring (bicyclic) bond motifs is 2. The van der Waals surface area contributed by atoms with Gasteiger partial charge in [0, 0.05) is 57.6 Å². The van der Waals surface area contributed by atoms with Crippen LogP contribution in [0.15, 0.2) is 30.5 Å². The van der Waals surface area contributed by atoms with Gasteiger partial charge in [0.15, 0.2) is 5.79 Å². The van der Waals surface area contributed by atoms with Crippen molar-refractivity contribution in [1.82, 2.24) is 14.7 Å². The van der Waals surface area contributed by atoms with E-state index in [1.54, 1.807) is 6.20 Å². The summed E-state index contributed by atoms with van der Waals surface area (Å²) in [5.74, 6) is 0.234. The van der Waals surface area contributed by atoms with Gasteiger partial charge in [-0.2, -0.15) is 5.10 Å². The summed E-state index contributed by atoms with van der Waals surface area (Å²) >= 11 is 6.50. The van der Waals surface area contributed by atoms with Gasteiger partial charge in [0.2, 0.25) is 0 Å². The Morgan fingerprint density at radius 1 is 1.13 bits per heavy atom. The third kappa shape index (κ3) is 3.22. The van der Waals surface area contributed by atoms with Gasteiger partial charge < -0.3 is 9.47 Å². The highest BCUT2D eigenvalue weighted by Gasteiger charge is 2.59. The van der Waals surface area contributed by atoms with Crippen molar-refractivity contribution in [3.8, 4) is 0 Å². The van der Waals surface area contributed by atoms with Crippen LogP contribution in [0.25, 0.3) is 0 Å². The van der Waals surface area contributed by atoms with Crippen molar-refractivity contribution < 1.29 is 9.47 Å². The standard InChI is InChI=1S/C24H32ClN3O2/c1-4-29-24(30-5-2)13-17(14-24)16-28-21(12-22-20(25)15-26-27(22)3)18-8-6-7-9-19(18)23(28)10-11-23/h6-9,15,17,21H,4-5,10-14,16H2,1-3H3. The molecule has 1 atom stereocenters. The maximum atomic E-state index is 6.50. The van der Waals surface area contributed by atoms with Crippen LogP contribution in [-0.4, -0.2) is 40.2 Å². The molecule has 1 unspecified atom stereocenters. The van der Waals surface area contributed by atoms with Crippen molar-refractivity contribution in [3.63, 3.8) is 0 Å². The van der Waals surface area contributed by atoms with Crippen LogP contribution in [0, 0.1) is 5.92 Å². The lowest BCUT2D eigenvalue weighted by Crippen LogP contribution is -2.52. The second-order valence-corrected chi connectivity index (χ2v) is 9.51. The third-order valence-corrected chi connectivity index (χ3v) is 7.65. The summed E-state index contributed by atoms with van der Waals surface area (Å²) in [6.07, 6.45) is 7.11. The number of hydrogen-bond acceptors (Lipinski definition) is 4. The second-order valence-electron chi connectivity index (χ2n) is 9.10. The molecular formula is C24H32ClN3O2. The van der Waals surface area contributed by atoms with Gasteiger partial charge in [-0.3, -0.25) is 9.58 Å². The highest BCUT2D eigenvalue weighted by Crippen LogP contribution is 2.62. The third-order valence-electron chi connectivity index (χ3n) is 7.34. The number of aromatic nitrogens is 2. The number of nitrogens with zero attached hydrogens (tertiary/aromatic N) is 3. The van der Waals surface area contributed by atoms with E-state index in [0.29, 0.717) is 25.2 Å². The van der Waals surface area contributed by atoms with Gasteiger partial charge in [-0.1, -0.05) is 35.9 Å². The van der Waals surface area contributed by atoms with Gasteiger partial charge in [0.05, 0.1) is 16.9 Å². The highest BCUT2D eigenvalue weighted by molar-refractivity contribution is 6.31. The van der Waals surface area contributed by atoms with Crippen LogP contribution in [0.3, 0.4) is 0 Å². The molecule has 3 aliphatic rings. The Morgan fingerprint density at radius 2 is 1.83 bits per heavy atom. The smallest absolute Gasteiger partial charge is 0.168 e. The molecule has 1 aliphatic heterocycles. The van der Waals surface area contributed by atoms with Crippen LogP contribution in [-0.2, 0) is 28.5 Å². The Kier molecular flexibility index (Phi) is 5.21. The van der Waals surface area contributed by atoms with Crippen LogP contribution < -0.4 is 0 Å². The molecule has 2 aromatic rings. The van der Waals surface area contributed by atoms with Crippen molar-refractivity contribution in [2.45, 2.75) is 63.3 Å². The highest BCUT2D eigenvalue weighted by atomic mass is 35.5. The van der Waals surface area contributed by atoms with Crippen LogP contribution in [0.1, 0.15) is 62.4 Å². The van der Waals surface area contributed by atoms with E-state index in [1.807, 2.05) is 11.7 Å². The van der Waals surface area contributed by atoms with Crippen molar-refractivity contribution >= 4 is 11.6 Å². The predicted octanol–water partition coefficient (Wildman–Crippen LogP) is 4.84. The zero-order valence-electron chi connectivity index (χ0n) is 18.2. The molecule has 162 valence electrons. The van der Waals surface area contributed by atoms with E-state index in [9.17, 15) is 0 Å². The minimum atomic E-state index is -0.363. The topological polar surface area (TPSA) is 39.5 Å². The lowest BCUT2D eigenvalue weighted by Gasteiger charge is -2.48. The average molecular weight is 430 g/mol. The molecule has 0 radical (unpaired) electrons. The second kappa shape index (κ2) is 7.63. The lowest BCUT2D eigenvalue weighted by molar-refractivity contribution is -0.293. The SMILES string of the molecule is CCOC1(OCC)CC(CN2C(Cc3c(Cl)cnn3C)c3ccccc3C23CC3)C1. The van der Waals surface area contributed by atoms with Crippen molar-refractivity contribution in [2.75, 3.05) is 19.8 Å². The molecule has 5 nitrogen and oxygen atoms in total. The maximum Gasteiger partial charge on any atom is 0.168 e. The zero-order chi connectivity index (χ0) is 20.9. The molecular weight excluding hydrogens is 398 g/mol. The van der Waals surface area contributed by atoms with E-state index in [1.165, 1.54) is 24.0 Å². The Bertz CT molecular complexity index is 889. The summed E-state index contributed by atoms with van der Waals surface area (Å²) < 4.78 is 13.9. The number of hydrogen-bond donors (Lipinski definition) is 0. The molecule has 0 amide bonds. The summed E-state index contributed by atoms with van der Waals surface area (Å²) in [6.45, 7) is 6.59. The van der Waals surface area contributed by atoms with E-state index in [0.717, 1.165) is 36.5 Å². The first-order valence-corrected chi connectivity index (χ1v) is 11.7. The largest absolute Gasteiger partial charge is 0.350 e. The number of rotatable bonds is 8. The fourth-order valence-electron chi connectivity index (χ4n) is 5.91. The molecule has 5 rings (SSSR count). The summed E-state index contributed by atoms with van der Waals surface area (Å²) in [4.78, 5) is 2.77. The molecule has 2 fully saturated rings. The van der Waals surface area contributed by atoms with Gasteiger partial charge in [-0.15, -0.1) is 0 Å². The molecule has 0 saturated heterocycles. The summed E-state index contributed by atoms with van der Waals surface area (Å²) in [5, 5.41) is 5.14. The van der Waals surface area contributed by atoms with E-state index in [-0.39, 0.29) is 11.3 Å². The van der Waals surface area contributed by atoms with Crippen LogP contribution in [0.2, 0.25) is 5.02 Å². The Labute approximate surface area is 184 Å². The van der Waals surface area contributed by atoms with Crippen LogP contribution in [0.5, 0.6) is 0 Å². The van der Waals surface area contributed by atoms with Gasteiger partial charge in [0.1, 0.15) is 0 Å². The van der Waals surface area contributed by atoms with Gasteiger partial charge >= 0.3 is 0 Å². The molecule has 1 spiro atoms. The van der Waals surface area contributed by atoms with Gasteiger partial charge in [-0.25, -0.2) is 0 Å². The van der Waals surface area contributed by atoms with E-state index < -0.39 is 0 Å². The first kappa shape index (κ1) is 20.5. The molecule has 0 bridgehead atoms. The molecule has 2 heterocycles. The Balaban J connectivity index is 1.40. The molecule has 0 N–H and O–H groups in total. The van der Waals surface area contributed by atoms with Crippen LogP contribution >= 0.6 is 11.6 Å². The Hall–Kier alpha value is -1.40. The lowest BCUT2D eigenvalue weighted by atomic mass is 9.77. The molecule has 1 aromatic heterocycles. The first-order valence-electron chi connectivity index (χ1n) is 11.3. The van der Waals surface area contributed by atoms with E-state index >= 15 is 0 Å². The van der Waals surface area contributed by atoms with Gasteiger partial charge in [0.25, 0.3) is 0 Å². The summed E-state index contributed by atoms with van der Waals surface area (Å²) in [5.41, 5.74) is 4.31. The van der Waals surface area contributed by atoms with Crippen molar-refractivity contribution in [2.24, 2.45) is 13.0 Å². The first-order chi connectivity index (χ1) is 14.5. The molecule has 30 heavy (non-hydrogen) atoms. The zero-order valence-corrected chi connectivity index (χ0v) is 19.0. The minimum absolute atomic E-state index is 0.210. The normalized spacial score (nSPS) is 24.2. The van der Waals surface area contributed by atoms with Crippen LogP contribution in [0.4, 0.5) is 0 Å². The number of ether oxygens (including phenoxy) is 2. The fraction of sp³-hybridized carbons (Fsp3) is 0.625. The van der Waals surface area contributed by atoms with E-state index in [4.69, 9.17) is 21.1 Å². The average Bonchev–Trinajstić information content (AvgIpc) is 3.39. The molecule has 2 saturated carbocycles. The van der Waals surface area contributed by atoms with Crippen molar-refractivity contribution in [1.29, 1.82) is 0 Å². The summed E-state index contributed by atoms with van der Waals surface area (Å²) in [7, 11) is 1.99. The van der Waals surface area contributed by atoms with Gasteiger partial charge in [-0.05, 0) is 43.7 Å². The molecule has 2 aliphatic carbocycles. The van der Waals surface area contributed by atoms with E-state index in [2.05, 4.69) is 48.1 Å². The fourth-order valence-corrected chi connectivity index (χ4v) is 6.15. The number of aryl methyl sites for hydroxylation is 1. The predicted molar refractivity (Wildman–Crippen MR) is 117 cm³/mol. The minimum Gasteiger partial charge on any atom is -0.350 e. The monoisotopic (exact) mass is 429 g/mol. The van der Waals surface area contributed by atoms with Crippen molar-refractivity contribution in [3.05, 3.63) is 52.3 Å². The summed E-state index contributed by atoms with van der Waals surface area (Å²) in [6, 6.07) is 9.36.